The molecule has 3 rings (SSSR count). The zero-order valence-corrected chi connectivity index (χ0v) is 22.3. The van der Waals surface area contributed by atoms with E-state index in [-0.39, 0.29) is 11.1 Å². The van der Waals surface area contributed by atoms with Crippen molar-refractivity contribution in [2.24, 2.45) is 5.92 Å². The molecule has 2 aromatic carbocycles. The first-order valence-electron chi connectivity index (χ1n) is 12.3. The molecule has 0 spiro atoms. The maximum Gasteiger partial charge on any atom is 0.410 e. The number of rotatable bonds is 6. The Hall–Kier alpha value is -2.11. The van der Waals surface area contributed by atoms with E-state index in [1.165, 1.54) is 10.4 Å². The number of carbonyl (C=O) groups excluding carboxylic acids is 1. The van der Waals surface area contributed by atoms with Crippen molar-refractivity contribution in [3.63, 3.8) is 0 Å². The maximum absolute atomic E-state index is 12.6. The summed E-state index contributed by atoms with van der Waals surface area (Å²) in [6.07, 6.45) is 2.90. The van der Waals surface area contributed by atoms with E-state index in [0.29, 0.717) is 12.5 Å². The largest absolute Gasteiger partial charge is 0.444 e. The number of nitrogens with zero attached hydrogens (tertiary/aromatic N) is 1. The number of benzene rings is 2. The van der Waals surface area contributed by atoms with E-state index in [4.69, 9.17) is 9.16 Å². The molecular weight excluding hydrogens is 426 g/mol. The Bertz CT molecular complexity index is 847. The van der Waals surface area contributed by atoms with Crippen molar-refractivity contribution < 1.29 is 14.0 Å². The zero-order valence-electron chi connectivity index (χ0n) is 21.3. The van der Waals surface area contributed by atoms with Gasteiger partial charge in [0, 0.05) is 19.7 Å². The molecule has 0 aromatic heterocycles. The van der Waals surface area contributed by atoms with Gasteiger partial charge in [0.1, 0.15) is 5.60 Å². The Morgan fingerprint density at radius 2 is 1.48 bits per heavy atom. The predicted molar refractivity (Wildman–Crippen MR) is 139 cm³/mol. The minimum Gasteiger partial charge on any atom is -0.444 e. The van der Waals surface area contributed by atoms with Gasteiger partial charge in [-0.25, -0.2) is 4.79 Å². The van der Waals surface area contributed by atoms with Crippen molar-refractivity contribution in [2.75, 3.05) is 19.7 Å². The fourth-order valence-electron chi connectivity index (χ4n) is 4.93. The zero-order chi connectivity index (χ0) is 24.1. The van der Waals surface area contributed by atoms with Gasteiger partial charge in [-0.2, -0.15) is 0 Å². The highest BCUT2D eigenvalue weighted by Crippen LogP contribution is 2.37. The molecule has 0 bridgehead atoms. The highest BCUT2D eigenvalue weighted by Gasteiger charge is 2.50. The molecule has 1 saturated heterocycles. The predicted octanol–water partition coefficient (Wildman–Crippen LogP) is 5.60. The quantitative estimate of drug-likeness (QED) is 0.519. The second-order valence-corrected chi connectivity index (χ2v) is 15.5. The van der Waals surface area contributed by atoms with Gasteiger partial charge in [0.05, 0.1) is 0 Å². The summed E-state index contributed by atoms with van der Waals surface area (Å²) in [5.74, 6) is 0.435. The first-order chi connectivity index (χ1) is 15.5. The summed E-state index contributed by atoms with van der Waals surface area (Å²) in [5.41, 5.74) is -0.462. The van der Waals surface area contributed by atoms with Crippen LogP contribution in [-0.2, 0) is 9.16 Å². The van der Waals surface area contributed by atoms with Gasteiger partial charge in [0.25, 0.3) is 8.32 Å². The van der Waals surface area contributed by atoms with E-state index in [1.54, 1.807) is 0 Å². The minimum absolute atomic E-state index is 0.0230. The standard InChI is InChI=1S/C28H41NO3Si/c1-27(2,3)32-26(30)29-20-13-14-23(22-29)19-21-31-33(28(4,5)6,24-15-9-7-10-16-24)25-17-11-8-12-18-25/h7-12,15-18,23H,13-14,19-22H2,1-6H3. The minimum atomic E-state index is -2.51. The molecule has 1 heterocycles. The van der Waals surface area contributed by atoms with Crippen molar-refractivity contribution in [3.8, 4) is 0 Å². The van der Waals surface area contributed by atoms with Crippen LogP contribution in [0, 0.1) is 5.92 Å². The average molecular weight is 468 g/mol. The summed E-state index contributed by atoms with van der Waals surface area (Å²) in [6, 6.07) is 21.6. The second-order valence-electron chi connectivity index (χ2n) is 11.2. The Labute approximate surface area is 201 Å². The molecule has 180 valence electrons. The molecule has 1 atom stereocenters. The van der Waals surface area contributed by atoms with E-state index in [0.717, 1.165) is 32.4 Å². The van der Waals surface area contributed by atoms with Gasteiger partial charge in [0.15, 0.2) is 0 Å². The van der Waals surface area contributed by atoms with Gasteiger partial charge in [-0.1, -0.05) is 81.4 Å². The van der Waals surface area contributed by atoms with Gasteiger partial charge in [-0.3, -0.25) is 0 Å². The summed E-state index contributed by atoms with van der Waals surface area (Å²) < 4.78 is 12.7. The molecule has 5 heteroatoms. The molecule has 0 aliphatic carbocycles. The fraction of sp³-hybridized carbons (Fsp3) is 0.536. The second kappa shape index (κ2) is 10.4. The van der Waals surface area contributed by atoms with Crippen LogP contribution in [0.1, 0.15) is 60.8 Å². The molecule has 33 heavy (non-hydrogen) atoms. The van der Waals surface area contributed by atoms with Crippen LogP contribution in [0.2, 0.25) is 5.04 Å². The van der Waals surface area contributed by atoms with Crippen LogP contribution < -0.4 is 10.4 Å². The van der Waals surface area contributed by atoms with Crippen LogP contribution in [0.25, 0.3) is 0 Å². The molecule has 4 nitrogen and oxygen atoms in total. The van der Waals surface area contributed by atoms with Crippen molar-refractivity contribution in [3.05, 3.63) is 60.7 Å². The van der Waals surface area contributed by atoms with E-state index in [2.05, 4.69) is 81.4 Å². The fourth-order valence-corrected chi connectivity index (χ4v) is 9.51. The van der Waals surface area contributed by atoms with E-state index >= 15 is 0 Å². The number of piperidine rings is 1. The van der Waals surface area contributed by atoms with Gasteiger partial charge >= 0.3 is 6.09 Å². The lowest BCUT2D eigenvalue weighted by Crippen LogP contribution is -2.66. The monoisotopic (exact) mass is 467 g/mol. The van der Waals surface area contributed by atoms with Crippen LogP contribution in [-0.4, -0.2) is 44.6 Å². The maximum atomic E-state index is 12.6. The van der Waals surface area contributed by atoms with Gasteiger partial charge < -0.3 is 14.1 Å². The van der Waals surface area contributed by atoms with Crippen LogP contribution in [0.15, 0.2) is 60.7 Å². The third-order valence-electron chi connectivity index (χ3n) is 6.43. The molecule has 0 radical (unpaired) electrons. The summed E-state index contributed by atoms with van der Waals surface area (Å²) >= 11 is 0. The molecule has 1 amide bonds. The molecular formula is C28H41NO3Si. The Morgan fingerprint density at radius 1 is 0.939 bits per heavy atom. The van der Waals surface area contributed by atoms with E-state index in [9.17, 15) is 4.79 Å². The highest BCUT2D eigenvalue weighted by molar-refractivity contribution is 6.99. The number of hydrogen-bond donors (Lipinski definition) is 0. The van der Waals surface area contributed by atoms with Crippen molar-refractivity contribution >= 4 is 24.8 Å². The van der Waals surface area contributed by atoms with Crippen molar-refractivity contribution in [1.82, 2.24) is 4.90 Å². The third-order valence-corrected chi connectivity index (χ3v) is 11.5. The number of likely N-dealkylation sites (tertiary alicyclic amines) is 1. The van der Waals surface area contributed by atoms with Crippen molar-refractivity contribution in [1.29, 1.82) is 0 Å². The molecule has 2 aromatic rings. The number of carbonyl (C=O) groups is 1. The topological polar surface area (TPSA) is 38.8 Å². The van der Waals surface area contributed by atoms with Gasteiger partial charge in [0.2, 0.25) is 0 Å². The Morgan fingerprint density at radius 3 is 1.97 bits per heavy atom. The molecule has 0 N–H and O–H groups in total. The lowest BCUT2D eigenvalue weighted by molar-refractivity contribution is 0.0154. The van der Waals surface area contributed by atoms with E-state index in [1.807, 2.05) is 25.7 Å². The summed E-state index contributed by atoms with van der Waals surface area (Å²) in [4.78, 5) is 14.5. The van der Waals surface area contributed by atoms with Crippen LogP contribution in [0.4, 0.5) is 4.79 Å². The molecule has 0 saturated carbocycles. The van der Waals surface area contributed by atoms with Gasteiger partial charge in [-0.15, -0.1) is 0 Å². The number of hydrogen-bond acceptors (Lipinski definition) is 3. The number of amides is 1. The Balaban J connectivity index is 1.76. The summed E-state index contributed by atoms with van der Waals surface area (Å²) in [6.45, 7) is 14.9. The van der Waals surface area contributed by atoms with Gasteiger partial charge in [-0.05, 0) is 61.4 Å². The normalized spacial score (nSPS) is 17.6. The lowest BCUT2D eigenvalue weighted by atomic mass is 9.95. The molecule has 1 aliphatic rings. The molecule has 1 unspecified atom stereocenters. The molecule has 1 fully saturated rings. The first-order valence-corrected chi connectivity index (χ1v) is 14.2. The molecule has 1 aliphatic heterocycles. The van der Waals surface area contributed by atoms with Crippen LogP contribution in [0.5, 0.6) is 0 Å². The smallest absolute Gasteiger partial charge is 0.410 e. The third kappa shape index (κ3) is 6.27. The Kier molecular flexibility index (Phi) is 8.07. The van der Waals surface area contributed by atoms with Crippen LogP contribution in [0.3, 0.4) is 0 Å². The summed E-state index contributed by atoms with van der Waals surface area (Å²) in [7, 11) is -2.51. The number of ether oxygens (including phenoxy) is 1. The van der Waals surface area contributed by atoms with Crippen LogP contribution >= 0.6 is 0 Å². The van der Waals surface area contributed by atoms with E-state index < -0.39 is 13.9 Å². The SMILES string of the molecule is CC(C)(C)OC(=O)N1CCCC(CCO[Si](c2ccccc2)(c2ccccc2)C(C)(C)C)C1. The average Bonchev–Trinajstić information content (AvgIpc) is 2.76. The van der Waals surface area contributed by atoms with Crippen molar-refractivity contribution in [2.45, 2.75) is 71.4 Å². The first kappa shape index (κ1) is 25.5. The lowest BCUT2D eigenvalue weighted by Gasteiger charge is -2.43. The highest BCUT2D eigenvalue weighted by atomic mass is 28.4. The summed E-state index contributed by atoms with van der Waals surface area (Å²) in [5, 5.41) is 2.59.